The summed E-state index contributed by atoms with van der Waals surface area (Å²) in [7, 11) is 0. The normalized spacial score (nSPS) is 17.0. The van der Waals surface area contributed by atoms with Crippen LogP contribution >= 0.6 is 0 Å². The van der Waals surface area contributed by atoms with Crippen molar-refractivity contribution in [3.05, 3.63) is 33.4 Å². The second-order valence-electron chi connectivity index (χ2n) is 6.60. The van der Waals surface area contributed by atoms with Crippen molar-refractivity contribution in [1.82, 2.24) is 5.32 Å². The van der Waals surface area contributed by atoms with E-state index in [9.17, 15) is 9.90 Å². The average molecular weight is 289 g/mol. The largest absolute Gasteiger partial charge is 0.394 e. The first-order chi connectivity index (χ1) is 9.83. The Labute approximate surface area is 127 Å². The summed E-state index contributed by atoms with van der Waals surface area (Å²) in [5.74, 6) is -0.0350. The minimum absolute atomic E-state index is 0.0284. The maximum atomic E-state index is 12.8. The van der Waals surface area contributed by atoms with Gasteiger partial charge in [0.15, 0.2) is 0 Å². The fourth-order valence-electron chi connectivity index (χ4n) is 3.52. The Balaban J connectivity index is 2.40. The van der Waals surface area contributed by atoms with Crippen LogP contribution in [0.1, 0.15) is 63.9 Å². The van der Waals surface area contributed by atoms with Crippen molar-refractivity contribution in [2.75, 3.05) is 6.61 Å². The lowest BCUT2D eigenvalue weighted by Gasteiger charge is -2.29. The SMILES string of the molecule is Cc1c(C)c(C)c(C(=O)NC2(CO)CCCC2)c(C)c1C. The summed E-state index contributed by atoms with van der Waals surface area (Å²) in [6.07, 6.45) is 3.89. The van der Waals surface area contributed by atoms with Crippen molar-refractivity contribution < 1.29 is 9.90 Å². The molecule has 2 rings (SSSR count). The van der Waals surface area contributed by atoms with E-state index in [0.29, 0.717) is 0 Å². The zero-order valence-corrected chi connectivity index (χ0v) is 13.9. The summed E-state index contributed by atoms with van der Waals surface area (Å²) in [4.78, 5) is 12.8. The summed E-state index contributed by atoms with van der Waals surface area (Å²) in [5.41, 5.74) is 6.12. The molecule has 3 nitrogen and oxygen atoms in total. The van der Waals surface area contributed by atoms with Crippen LogP contribution in [-0.2, 0) is 0 Å². The van der Waals surface area contributed by atoms with E-state index in [2.05, 4.69) is 26.1 Å². The molecule has 1 amide bonds. The van der Waals surface area contributed by atoms with Crippen LogP contribution in [0.15, 0.2) is 0 Å². The van der Waals surface area contributed by atoms with E-state index in [-0.39, 0.29) is 12.5 Å². The molecule has 1 saturated carbocycles. The molecule has 0 heterocycles. The smallest absolute Gasteiger partial charge is 0.252 e. The summed E-state index contributed by atoms with van der Waals surface area (Å²) < 4.78 is 0. The third-order valence-corrected chi connectivity index (χ3v) is 5.47. The third kappa shape index (κ3) is 2.71. The lowest BCUT2D eigenvalue weighted by atomic mass is 9.88. The lowest BCUT2D eigenvalue weighted by Crippen LogP contribution is -2.49. The third-order valence-electron chi connectivity index (χ3n) is 5.47. The molecule has 1 aromatic rings. The van der Waals surface area contributed by atoms with Gasteiger partial charge in [-0.05, 0) is 75.3 Å². The van der Waals surface area contributed by atoms with Crippen molar-refractivity contribution in [1.29, 1.82) is 0 Å². The number of aliphatic hydroxyl groups excluding tert-OH is 1. The first kappa shape index (κ1) is 16.0. The highest BCUT2D eigenvalue weighted by Crippen LogP contribution is 2.31. The highest BCUT2D eigenvalue weighted by molar-refractivity contribution is 5.98. The van der Waals surface area contributed by atoms with Gasteiger partial charge in [-0.1, -0.05) is 12.8 Å². The Morgan fingerprint density at radius 2 is 1.38 bits per heavy atom. The Kier molecular flexibility index (Phi) is 4.43. The first-order valence-electron chi connectivity index (χ1n) is 7.83. The standard InChI is InChI=1S/C18H27NO2/c1-11-12(2)14(4)16(15(5)13(11)3)17(21)19-18(10-20)8-6-7-9-18/h20H,6-10H2,1-5H3,(H,19,21). The Hall–Kier alpha value is -1.35. The van der Waals surface area contributed by atoms with Crippen LogP contribution in [0.2, 0.25) is 0 Å². The first-order valence-corrected chi connectivity index (χ1v) is 7.83. The van der Waals surface area contributed by atoms with E-state index in [4.69, 9.17) is 0 Å². The van der Waals surface area contributed by atoms with Crippen molar-refractivity contribution in [3.8, 4) is 0 Å². The highest BCUT2D eigenvalue weighted by atomic mass is 16.3. The molecule has 1 aromatic carbocycles. The van der Waals surface area contributed by atoms with Gasteiger partial charge in [-0.15, -0.1) is 0 Å². The molecule has 3 heteroatoms. The number of rotatable bonds is 3. The van der Waals surface area contributed by atoms with Crippen molar-refractivity contribution in [2.24, 2.45) is 0 Å². The molecular weight excluding hydrogens is 262 g/mol. The van der Waals surface area contributed by atoms with Crippen LogP contribution in [0, 0.1) is 34.6 Å². The second-order valence-corrected chi connectivity index (χ2v) is 6.60. The van der Waals surface area contributed by atoms with Gasteiger partial charge in [-0.2, -0.15) is 0 Å². The van der Waals surface area contributed by atoms with Gasteiger partial charge in [0.2, 0.25) is 0 Å². The summed E-state index contributed by atoms with van der Waals surface area (Å²) >= 11 is 0. The molecule has 0 bridgehead atoms. The molecule has 2 N–H and O–H groups in total. The molecule has 0 aliphatic heterocycles. The predicted octanol–water partition coefficient (Wildman–Crippen LogP) is 3.26. The van der Waals surface area contributed by atoms with Crippen LogP contribution in [0.25, 0.3) is 0 Å². The number of nitrogens with one attached hydrogen (secondary N) is 1. The number of hydrogen-bond acceptors (Lipinski definition) is 2. The second kappa shape index (κ2) is 5.80. The Bertz CT molecular complexity index is 540. The maximum absolute atomic E-state index is 12.8. The van der Waals surface area contributed by atoms with E-state index in [1.807, 2.05) is 13.8 Å². The molecule has 21 heavy (non-hydrogen) atoms. The summed E-state index contributed by atoms with van der Waals surface area (Å²) in [5, 5.41) is 12.8. The molecule has 1 aliphatic carbocycles. The molecular formula is C18H27NO2. The van der Waals surface area contributed by atoms with Crippen LogP contribution < -0.4 is 5.32 Å². The topological polar surface area (TPSA) is 49.3 Å². The molecule has 116 valence electrons. The van der Waals surface area contributed by atoms with Gasteiger partial charge < -0.3 is 10.4 Å². The number of hydrogen-bond donors (Lipinski definition) is 2. The number of carbonyl (C=O) groups is 1. The zero-order valence-electron chi connectivity index (χ0n) is 13.9. The van der Waals surface area contributed by atoms with Gasteiger partial charge in [-0.25, -0.2) is 0 Å². The number of amides is 1. The molecule has 0 saturated heterocycles. The number of aliphatic hydroxyl groups is 1. The molecule has 0 spiro atoms. The minimum atomic E-state index is -0.414. The Morgan fingerprint density at radius 3 is 1.81 bits per heavy atom. The summed E-state index contributed by atoms with van der Waals surface area (Å²) in [6, 6.07) is 0. The highest BCUT2D eigenvalue weighted by Gasteiger charge is 2.35. The van der Waals surface area contributed by atoms with Crippen molar-refractivity contribution >= 4 is 5.91 Å². The van der Waals surface area contributed by atoms with Crippen LogP contribution in [-0.4, -0.2) is 23.2 Å². The molecule has 0 unspecified atom stereocenters. The van der Waals surface area contributed by atoms with E-state index >= 15 is 0 Å². The van der Waals surface area contributed by atoms with Crippen LogP contribution in [0.3, 0.4) is 0 Å². The van der Waals surface area contributed by atoms with E-state index in [1.165, 1.54) is 16.7 Å². The molecule has 0 atom stereocenters. The van der Waals surface area contributed by atoms with E-state index < -0.39 is 5.54 Å². The Morgan fingerprint density at radius 1 is 0.952 bits per heavy atom. The predicted molar refractivity (Wildman–Crippen MR) is 85.9 cm³/mol. The van der Waals surface area contributed by atoms with E-state index in [1.54, 1.807) is 0 Å². The van der Waals surface area contributed by atoms with Gasteiger partial charge >= 0.3 is 0 Å². The fourth-order valence-corrected chi connectivity index (χ4v) is 3.52. The minimum Gasteiger partial charge on any atom is -0.394 e. The molecule has 1 fully saturated rings. The monoisotopic (exact) mass is 289 g/mol. The quantitative estimate of drug-likeness (QED) is 0.897. The van der Waals surface area contributed by atoms with Gasteiger partial charge in [0.05, 0.1) is 12.1 Å². The van der Waals surface area contributed by atoms with Crippen molar-refractivity contribution in [2.45, 2.75) is 65.8 Å². The van der Waals surface area contributed by atoms with Gasteiger partial charge in [0, 0.05) is 5.56 Å². The van der Waals surface area contributed by atoms with Gasteiger partial charge in [0.25, 0.3) is 5.91 Å². The van der Waals surface area contributed by atoms with Gasteiger partial charge in [-0.3, -0.25) is 4.79 Å². The van der Waals surface area contributed by atoms with Crippen LogP contribution in [0.4, 0.5) is 0 Å². The van der Waals surface area contributed by atoms with Crippen LogP contribution in [0.5, 0.6) is 0 Å². The fraction of sp³-hybridized carbons (Fsp3) is 0.611. The maximum Gasteiger partial charge on any atom is 0.252 e. The average Bonchev–Trinajstić information content (AvgIpc) is 2.92. The molecule has 0 radical (unpaired) electrons. The van der Waals surface area contributed by atoms with Crippen molar-refractivity contribution in [3.63, 3.8) is 0 Å². The number of benzene rings is 1. The van der Waals surface area contributed by atoms with Gasteiger partial charge in [0.1, 0.15) is 0 Å². The van der Waals surface area contributed by atoms with E-state index in [0.717, 1.165) is 42.4 Å². The number of carbonyl (C=O) groups excluding carboxylic acids is 1. The molecule has 0 aromatic heterocycles. The zero-order chi connectivity index (χ0) is 15.8. The summed E-state index contributed by atoms with van der Waals surface area (Å²) in [6.45, 7) is 10.3. The molecule has 1 aliphatic rings. The lowest BCUT2D eigenvalue weighted by molar-refractivity contribution is 0.0837.